The molecule has 44 heavy (non-hydrogen) atoms. The van der Waals surface area contributed by atoms with Crippen molar-refractivity contribution in [3.63, 3.8) is 0 Å². The van der Waals surface area contributed by atoms with Gasteiger partial charge in [-0.15, -0.1) is 0 Å². The Balaban J connectivity index is 1.39. The van der Waals surface area contributed by atoms with Gasteiger partial charge in [-0.1, -0.05) is 18.2 Å². The maximum absolute atomic E-state index is 13.6. The Bertz CT molecular complexity index is 1930. The van der Waals surface area contributed by atoms with Gasteiger partial charge in [-0.2, -0.15) is 5.26 Å². The summed E-state index contributed by atoms with van der Waals surface area (Å²) >= 11 is 0. The molecule has 2 aromatic heterocycles. The lowest BCUT2D eigenvalue weighted by molar-refractivity contribution is -0.119. The highest BCUT2D eigenvalue weighted by Crippen LogP contribution is 2.58. The van der Waals surface area contributed by atoms with Crippen LogP contribution in [0, 0.1) is 11.3 Å². The summed E-state index contributed by atoms with van der Waals surface area (Å²) in [5.74, 6) is -0.181. The number of benzene rings is 2. The Morgan fingerprint density at radius 3 is 2.64 bits per heavy atom. The number of nitriles is 1. The molecule has 11 heteroatoms. The van der Waals surface area contributed by atoms with E-state index in [0.29, 0.717) is 17.7 Å². The monoisotopic (exact) mass is 610 g/mol. The fraction of sp³-hybridized carbons (Fsp3) is 0.333. The van der Waals surface area contributed by atoms with Gasteiger partial charge in [0.2, 0.25) is 11.8 Å². The zero-order valence-corrected chi connectivity index (χ0v) is 26.0. The molecule has 0 bridgehead atoms. The van der Waals surface area contributed by atoms with Crippen LogP contribution in [0.15, 0.2) is 65.8 Å². The molecule has 1 N–H and O–H groups in total. The first-order valence-electron chi connectivity index (χ1n) is 14.6. The number of anilines is 2. The number of likely N-dealkylation sites (N-methyl/N-ethyl adjacent to an activating group) is 1. The Morgan fingerprint density at radius 1 is 1.11 bits per heavy atom. The lowest BCUT2D eigenvalue weighted by Crippen LogP contribution is -2.28. The predicted molar refractivity (Wildman–Crippen MR) is 169 cm³/mol. The molecule has 1 amide bonds. The molecule has 1 atom stereocenters. The Hall–Kier alpha value is -4.53. The number of ether oxygens (including phenoxy) is 1. The van der Waals surface area contributed by atoms with Gasteiger partial charge in [-0.25, -0.2) is 13.4 Å². The summed E-state index contributed by atoms with van der Waals surface area (Å²) in [6.45, 7) is 2.88. The highest BCUT2D eigenvalue weighted by molar-refractivity contribution is 7.92. The van der Waals surface area contributed by atoms with Gasteiger partial charge in [0.25, 0.3) is 10.0 Å². The number of sulfonamides is 1. The van der Waals surface area contributed by atoms with Gasteiger partial charge in [-0.3, -0.25) is 14.5 Å². The van der Waals surface area contributed by atoms with Crippen molar-refractivity contribution >= 4 is 38.2 Å². The molecule has 10 nitrogen and oxygen atoms in total. The molecule has 1 aliphatic heterocycles. The third-order valence-electron chi connectivity index (χ3n) is 8.43. The highest BCUT2D eigenvalue weighted by Gasteiger charge is 2.59. The van der Waals surface area contributed by atoms with Crippen LogP contribution in [0.1, 0.15) is 43.2 Å². The summed E-state index contributed by atoms with van der Waals surface area (Å²) in [4.78, 5) is 26.0. The minimum absolute atomic E-state index is 0.0388. The van der Waals surface area contributed by atoms with E-state index in [1.54, 1.807) is 49.5 Å². The van der Waals surface area contributed by atoms with Crippen molar-refractivity contribution in [2.75, 3.05) is 43.9 Å². The minimum atomic E-state index is -4.05. The number of hydrogen-bond donors (Lipinski definition) is 1. The number of pyridine rings is 2. The zero-order chi connectivity index (χ0) is 31.2. The second-order valence-corrected chi connectivity index (χ2v) is 13.5. The standard InChI is InChI=1S/C33H34N6O4S/c1-21(18-34)22-7-5-8-25(15-22)44(41,42)37-28-17-24(19-36-31(28)43-14-6-13-38(2)3)23-9-10-27-26(16-23)30-29(20-35-27)39(4)32(40)33(30)11-12-33/h5,7-10,15-17,19-21,37H,6,11-14H2,1-4H3. The summed E-state index contributed by atoms with van der Waals surface area (Å²) in [7, 11) is 1.69. The summed E-state index contributed by atoms with van der Waals surface area (Å²) < 4.78 is 35.9. The molecule has 0 radical (unpaired) electrons. The van der Waals surface area contributed by atoms with Crippen molar-refractivity contribution in [3.8, 4) is 23.1 Å². The number of fused-ring (bicyclic) bond motifs is 4. The molecular formula is C33H34N6O4S. The largest absolute Gasteiger partial charge is 0.476 e. The van der Waals surface area contributed by atoms with Crippen LogP contribution in [0.3, 0.4) is 0 Å². The van der Waals surface area contributed by atoms with Gasteiger partial charge in [-0.05, 0) is 81.7 Å². The van der Waals surface area contributed by atoms with Crippen LogP contribution in [0.25, 0.3) is 22.0 Å². The third kappa shape index (κ3) is 5.25. The first-order chi connectivity index (χ1) is 21.0. The highest BCUT2D eigenvalue weighted by atomic mass is 32.2. The molecule has 1 saturated carbocycles. The molecule has 226 valence electrons. The van der Waals surface area contributed by atoms with Crippen LogP contribution in [0.2, 0.25) is 0 Å². The second kappa shape index (κ2) is 11.2. The minimum Gasteiger partial charge on any atom is -0.476 e. The lowest BCUT2D eigenvalue weighted by Gasteiger charge is -2.16. The second-order valence-electron chi connectivity index (χ2n) is 11.8. The summed E-state index contributed by atoms with van der Waals surface area (Å²) in [5.41, 5.74) is 4.46. The van der Waals surface area contributed by atoms with Crippen LogP contribution >= 0.6 is 0 Å². The van der Waals surface area contributed by atoms with E-state index in [1.807, 2.05) is 37.2 Å². The molecule has 1 fully saturated rings. The summed E-state index contributed by atoms with van der Waals surface area (Å²) in [6, 6.07) is 16.1. The van der Waals surface area contributed by atoms with E-state index in [-0.39, 0.29) is 22.4 Å². The van der Waals surface area contributed by atoms with E-state index in [1.165, 1.54) is 12.1 Å². The molecule has 2 aromatic carbocycles. The first-order valence-corrected chi connectivity index (χ1v) is 16.0. The molecule has 6 rings (SSSR count). The number of rotatable bonds is 10. The molecule has 3 heterocycles. The number of hydrogen-bond acceptors (Lipinski definition) is 8. The quantitative estimate of drug-likeness (QED) is 0.247. The predicted octanol–water partition coefficient (Wildman–Crippen LogP) is 5.06. The van der Waals surface area contributed by atoms with Crippen molar-refractivity contribution in [1.82, 2.24) is 14.9 Å². The SMILES string of the molecule is CC(C#N)c1cccc(S(=O)(=O)Nc2cc(-c3ccc4ncc5c(c4c3)C3(CC3)C(=O)N5C)cnc2OCCCN(C)C)c1. The Labute approximate surface area is 257 Å². The normalized spacial score (nSPS) is 15.8. The van der Waals surface area contributed by atoms with Crippen LogP contribution in [-0.4, -0.2) is 63.5 Å². The molecule has 1 unspecified atom stereocenters. The number of nitrogens with zero attached hydrogens (tertiary/aromatic N) is 5. The van der Waals surface area contributed by atoms with Crippen LogP contribution in [0.4, 0.5) is 11.4 Å². The summed E-state index contributed by atoms with van der Waals surface area (Å²) in [6.07, 6.45) is 5.79. The van der Waals surface area contributed by atoms with E-state index in [2.05, 4.69) is 20.8 Å². The Kier molecular flexibility index (Phi) is 7.51. The van der Waals surface area contributed by atoms with Crippen molar-refractivity contribution in [2.45, 2.75) is 42.4 Å². The molecule has 1 spiro atoms. The smallest absolute Gasteiger partial charge is 0.262 e. The van der Waals surface area contributed by atoms with Crippen LogP contribution in [0.5, 0.6) is 5.88 Å². The third-order valence-corrected chi connectivity index (χ3v) is 9.79. The van der Waals surface area contributed by atoms with E-state index < -0.39 is 21.4 Å². The van der Waals surface area contributed by atoms with Gasteiger partial charge in [0.05, 0.1) is 46.3 Å². The van der Waals surface area contributed by atoms with Crippen molar-refractivity contribution < 1.29 is 17.9 Å². The van der Waals surface area contributed by atoms with Crippen molar-refractivity contribution in [3.05, 3.63) is 72.1 Å². The fourth-order valence-corrected chi connectivity index (χ4v) is 6.92. The van der Waals surface area contributed by atoms with E-state index in [9.17, 15) is 18.5 Å². The molecular weight excluding hydrogens is 576 g/mol. The fourth-order valence-electron chi connectivity index (χ4n) is 5.82. The number of aromatic nitrogens is 2. The van der Waals surface area contributed by atoms with Gasteiger partial charge in [0.1, 0.15) is 5.69 Å². The lowest BCUT2D eigenvalue weighted by atomic mass is 9.92. The molecule has 0 saturated heterocycles. The van der Waals surface area contributed by atoms with E-state index in [4.69, 9.17) is 4.74 Å². The van der Waals surface area contributed by atoms with Crippen LogP contribution in [-0.2, 0) is 20.2 Å². The van der Waals surface area contributed by atoms with Gasteiger partial charge in [0.15, 0.2) is 0 Å². The molecule has 2 aliphatic rings. The number of nitrogens with one attached hydrogen (secondary N) is 1. The van der Waals surface area contributed by atoms with Crippen LogP contribution < -0.4 is 14.4 Å². The molecule has 1 aliphatic carbocycles. The Morgan fingerprint density at radius 2 is 1.91 bits per heavy atom. The van der Waals surface area contributed by atoms with Gasteiger partial charge >= 0.3 is 0 Å². The maximum Gasteiger partial charge on any atom is 0.262 e. The number of amides is 1. The number of carbonyl (C=O) groups is 1. The zero-order valence-electron chi connectivity index (χ0n) is 25.2. The maximum atomic E-state index is 13.6. The number of carbonyl (C=O) groups excluding carboxylic acids is 1. The van der Waals surface area contributed by atoms with E-state index >= 15 is 0 Å². The summed E-state index contributed by atoms with van der Waals surface area (Å²) in [5, 5.41) is 10.2. The average Bonchev–Trinajstić information content (AvgIpc) is 3.79. The van der Waals surface area contributed by atoms with Crippen molar-refractivity contribution in [2.24, 2.45) is 0 Å². The topological polar surface area (TPSA) is 129 Å². The first kappa shape index (κ1) is 29.5. The van der Waals surface area contributed by atoms with Crippen molar-refractivity contribution in [1.29, 1.82) is 5.26 Å². The van der Waals surface area contributed by atoms with Gasteiger partial charge < -0.3 is 14.5 Å². The molecule has 4 aromatic rings. The van der Waals surface area contributed by atoms with Gasteiger partial charge in [0, 0.05) is 36.3 Å². The van der Waals surface area contributed by atoms with E-state index in [0.717, 1.165) is 53.5 Å². The average molecular weight is 611 g/mol.